The number of carbonyl (C=O) groups is 4. The Hall–Kier alpha value is -6.80. The van der Waals surface area contributed by atoms with E-state index in [1.807, 2.05) is 24.3 Å². The van der Waals surface area contributed by atoms with E-state index in [1.54, 1.807) is 7.11 Å². The van der Waals surface area contributed by atoms with Crippen molar-refractivity contribution in [2.24, 2.45) is 10.7 Å². The van der Waals surface area contributed by atoms with Gasteiger partial charge in [0.2, 0.25) is 0 Å². The molecule has 24 nitrogen and oxygen atoms in total. The Kier molecular flexibility index (Phi) is 38.2. The van der Waals surface area contributed by atoms with Crippen molar-refractivity contribution in [1.29, 1.82) is 5.41 Å². The average Bonchev–Trinajstić information content (AvgIpc) is 3.52. The van der Waals surface area contributed by atoms with Crippen LogP contribution in [0.2, 0.25) is 10.3 Å². The number of amides is 3. The molecule has 4 aromatic rings. The Bertz CT molecular complexity index is 2570. The maximum atomic E-state index is 12.3. The van der Waals surface area contributed by atoms with Crippen LogP contribution < -0.4 is 49.4 Å². The zero-order valence-electron chi connectivity index (χ0n) is 47.4. The highest BCUT2D eigenvalue weighted by Gasteiger charge is 2.19. The van der Waals surface area contributed by atoms with Crippen LogP contribution in [-0.4, -0.2) is 148 Å². The van der Waals surface area contributed by atoms with Crippen molar-refractivity contribution >= 4 is 81.6 Å². The molecular weight excluding hydrogens is 1110 g/mol. The van der Waals surface area contributed by atoms with Gasteiger partial charge >= 0.3 is 6.03 Å². The largest absolute Gasteiger partial charge is 0.491 e. The van der Waals surface area contributed by atoms with Crippen LogP contribution in [0.1, 0.15) is 129 Å². The Labute approximate surface area is 498 Å². The fourth-order valence-electron chi connectivity index (χ4n) is 7.45. The standard InChI is InChI=1S/C37H60ClN9O9.C19H24ClN5O.CH4/c1-51-20-21-54-24-22-52-18-7-10-29(48)9-3-2-5-16-43-37(50)44-17-19-53-23-25-55-26-27-56-30-13-11-28(12-14-30)8-4-6-15-42-36(41)47-35(49)31-33(39)46-34(40)32(38)45-31;1-12-7-9-13(10-8-12)5-3-2-4-6-14(21)11-15(26)16-18(22)25-19(23)17(20)24-16;/h11-14H,2-10,15-27H2,1H3,(H4,39,40,46)(H2,43,44,50)(H3,41,42,47,49);7-10,21H,2-6,11H2,1H3,(H4,22,23,25);1H4. The Balaban J connectivity index is 0.000000724. The Morgan fingerprint density at radius 3 is 1.75 bits per heavy atom. The normalized spacial score (nSPS) is 11.0. The number of halogens is 2. The molecule has 26 heteroatoms. The van der Waals surface area contributed by atoms with Crippen molar-refractivity contribution in [1.82, 2.24) is 35.9 Å². The number of unbranched alkanes of at least 4 members (excludes halogenated alkanes) is 5. The summed E-state index contributed by atoms with van der Waals surface area (Å²) < 4.78 is 32.5. The molecule has 0 radical (unpaired) electrons. The quantitative estimate of drug-likeness (QED) is 0.00910. The number of guanidine groups is 1. The van der Waals surface area contributed by atoms with Gasteiger partial charge in [0.25, 0.3) is 5.91 Å². The van der Waals surface area contributed by atoms with Crippen molar-refractivity contribution in [3.63, 3.8) is 0 Å². The van der Waals surface area contributed by atoms with Crippen molar-refractivity contribution in [2.45, 2.75) is 111 Å². The van der Waals surface area contributed by atoms with Crippen LogP contribution in [0, 0.1) is 12.3 Å². The van der Waals surface area contributed by atoms with Gasteiger partial charge < -0.3 is 73.1 Å². The lowest BCUT2D eigenvalue weighted by Crippen LogP contribution is -2.38. The van der Waals surface area contributed by atoms with Gasteiger partial charge in [-0.2, -0.15) is 0 Å². The lowest BCUT2D eigenvalue weighted by Gasteiger charge is -2.10. The predicted octanol–water partition coefficient (Wildman–Crippen LogP) is 7.30. The second-order valence-corrected chi connectivity index (χ2v) is 19.5. The van der Waals surface area contributed by atoms with Crippen molar-refractivity contribution in [2.75, 3.05) is 116 Å². The molecule has 4 rings (SSSR count). The number of aryl methyl sites for hydroxylation is 3. The molecule has 0 aliphatic rings. The number of methoxy groups -OCH3 is 1. The molecule has 0 bridgehead atoms. The monoisotopic (exact) mass is 1200 g/mol. The molecule has 83 heavy (non-hydrogen) atoms. The van der Waals surface area contributed by atoms with Gasteiger partial charge in [-0.1, -0.05) is 85.4 Å². The summed E-state index contributed by atoms with van der Waals surface area (Å²) in [6.07, 6.45) is 11.3. The number of carbonyl (C=O) groups excluding carboxylic acids is 4. The molecule has 0 saturated carbocycles. The molecule has 14 N–H and O–H groups in total. The molecule has 0 fully saturated rings. The highest BCUT2D eigenvalue weighted by molar-refractivity contribution is 6.32. The van der Waals surface area contributed by atoms with Gasteiger partial charge in [-0.15, -0.1) is 0 Å². The van der Waals surface area contributed by atoms with Crippen LogP contribution >= 0.6 is 23.2 Å². The van der Waals surface area contributed by atoms with E-state index in [9.17, 15) is 19.2 Å². The fourth-order valence-corrected chi connectivity index (χ4v) is 7.71. The number of hydrogen-bond acceptors (Lipinski definition) is 20. The first-order valence-electron chi connectivity index (χ1n) is 27.5. The molecule has 0 atom stereocenters. The second-order valence-electron chi connectivity index (χ2n) is 18.8. The smallest absolute Gasteiger partial charge is 0.314 e. The number of ketones is 2. The number of anilines is 4. The number of nitrogens with zero attached hydrogens (tertiary/aromatic N) is 5. The number of ether oxygens (including phenoxy) is 6. The molecule has 0 unspecified atom stereocenters. The number of hydrogen-bond donors (Lipinski definition) is 9. The molecule has 0 aliphatic carbocycles. The van der Waals surface area contributed by atoms with E-state index in [0.717, 1.165) is 75.5 Å². The Morgan fingerprint density at radius 1 is 0.578 bits per heavy atom. The zero-order chi connectivity index (χ0) is 59.7. The first-order valence-corrected chi connectivity index (χ1v) is 28.3. The van der Waals surface area contributed by atoms with Crippen LogP contribution in [0.5, 0.6) is 5.75 Å². The minimum Gasteiger partial charge on any atom is -0.491 e. The first kappa shape index (κ1) is 72.3. The highest BCUT2D eigenvalue weighted by Crippen LogP contribution is 2.20. The topological polar surface area (TPSA) is 378 Å². The molecule has 0 spiro atoms. The van der Waals surface area contributed by atoms with Crippen LogP contribution in [-0.2, 0) is 41.3 Å². The summed E-state index contributed by atoms with van der Waals surface area (Å²) in [6, 6.07) is 16.2. The number of Topliss-reactive ketones (excluding diaryl/α,β-unsaturated/α-hetero) is 2. The van der Waals surface area contributed by atoms with E-state index in [2.05, 4.69) is 72.1 Å². The first-order chi connectivity index (χ1) is 39.6. The van der Waals surface area contributed by atoms with E-state index in [0.29, 0.717) is 117 Å². The van der Waals surface area contributed by atoms with Gasteiger partial charge in [0.15, 0.2) is 56.7 Å². The number of nitrogen functional groups attached to an aromatic ring is 4. The maximum Gasteiger partial charge on any atom is 0.314 e. The molecule has 0 aliphatic heterocycles. The van der Waals surface area contributed by atoms with Gasteiger partial charge in [0, 0.05) is 51.9 Å². The minimum absolute atomic E-state index is 0. The van der Waals surface area contributed by atoms with E-state index in [4.69, 9.17) is 85.7 Å². The van der Waals surface area contributed by atoms with Gasteiger partial charge in [-0.05, 0) is 94.4 Å². The summed E-state index contributed by atoms with van der Waals surface area (Å²) in [7, 11) is 1.63. The number of aromatic nitrogens is 4. The molecular formula is C57H88Cl2N14O10. The zero-order valence-corrected chi connectivity index (χ0v) is 48.9. The summed E-state index contributed by atoms with van der Waals surface area (Å²) in [4.78, 5) is 67.9. The molecule has 0 saturated heterocycles. The molecule has 2 aromatic carbocycles. The SMILES string of the molecule is C.COCCOCCOCCCC(=O)CCCCCNC(=O)NCCOCCOCCOc1ccc(CCCCN=C(N)NC(=O)c2nc(Cl)c(N)nc2N)cc1.Cc1ccc(CCCCCC(=N)CC(=O)c2nc(Cl)c(N)nc2N)cc1. The van der Waals surface area contributed by atoms with Crippen LogP contribution in [0.15, 0.2) is 53.5 Å². The number of nitrogens with two attached hydrogens (primary N) is 5. The molecule has 3 amide bonds. The molecule has 2 heterocycles. The van der Waals surface area contributed by atoms with Gasteiger partial charge in [0.1, 0.15) is 18.1 Å². The molecule has 2 aromatic heterocycles. The summed E-state index contributed by atoms with van der Waals surface area (Å²) in [6.45, 7) is 8.18. The predicted molar refractivity (Wildman–Crippen MR) is 327 cm³/mol. The van der Waals surface area contributed by atoms with E-state index >= 15 is 0 Å². The molecule has 460 valence electrons. The second kappa shape index (κ2) is 43.8. The lowest BCUT2D eigenvalue weighted by atomic mass is 10.0. The van der Waals surface area contributed by atoms with Gasteiger partial charge in [-0.25, -0.2) is 24.7 Å². The van der Waals surface area contributed by atoms with Gasteiger partial charge in [-0.3, -0.25) is 24.7 Å². The number of aliphatic imine (C=N–C) groups is 1. The highest BCUT2D eigenvalue weighted by atomic mass is 35.5. The fraction of sp³-hybridized carbons (Fsp3) is 0.544. The number of rotatable bonds is 41. The van der Waals surface area contributed by atoms with Crippen molar-refractivity contribution in [3.8, 4) is 5.75 Å². The lowest BCUT2D eigenvalue weighted by molar-refractivity contribution is -0.119. The van der Waals surface area contributed by atoms with E-state index < -0.39 is 5.91 Å². The third-order valence-corrected chi connectivity index (χ3v) is 12.5. The third kappa shape index (κ3) is 33.2. The van der Waals surface area contributed by atoms with Crippen molar-refractivity contribution in [3.05, 3.63) is 86.9 Å². The Morgan fingerprint density at radius 2 is 1.10 bits per heavy atom. The van der Waals surface area contributed by atoms with Crippen LogP contribution in [0.25, 0.3) is 0 Å². The maximum absolute atomic E-state index is 12.3. The van der Waals surface area contributed by atoms with E-state index in [1.165, 1.54) is 11.1 Å². The van der Waals surface area contributed by atoms with Crippen LogP contribution in [0.4, 0.5) is 28.1 Å². The third-order valence-electron chi connectivity index (χ3n) is 11.9. The number of benzene rings is 2. The number of nitrogens with one attached hydrogen (secondary N) is 4. The average molecular weight is 1200 g/mol. The summed E-state index contributed by atoms with van der Waals surface area (Å²) >= 11 is 11.6. The number of urea groups is 1. The van der Waals surface area contributed by atoms with Crippen molar-refractivity contribution < 1.29 is 47.6 Å². The summed E-state index contributed by atoms with van der Waals surface area (Å²) in [5, 5.41) is 15.8. The minimum atomic E-state index is -0.679. The van der Waals surface area contributed by atoms with Crippen LogP contribution in [0.3, 0.4) is 0 Å². The van der Waals surface area contributed by atoms with Gasteiger partial charge in [0.05, 0.1) is 59.3 Å². The summed E-state index contributed by atoms with van der Waals surface area (Å²) in [5.74, 6) is -0.403. The summed E-state index contributed by atoms with van der Waals surface area (Å²) in [5.41, 5.74) is 32.1. The van der Waals surface area contributed by atoms with E-state index in [-0.39, 0.29) is 82.4 Å².